The van der Waals surface area contributed by atoms with Crippen LogP contribution >= 0.6 is 35.6 Å². The number of nitrogens with two attached hydrogens (primary N) is 1. The van der Waals surface area contributed by atoms with Crippen molar-refractivity contribution < 1.29 is 17.9 Å². The molecule has 2 heterocycles. The molecule has 27 heavy (non-hydrogen) atoms. The first kappa shape index (κ1) is 24.0. The molecular weight excluding hydrogens is 498 g/mol. The molecule has 6 nitrogen and oxygen atoms in total. The summed E-state index contributed by atoms with van der Waals surface area (Å²) in [5, 5.41) is 2.71. The summed E-state index contributed by atoms with van der Waals surface area (Å²) < 4.78 is 42.9. The Morgan fingerprint density at radius 2 is 2.26 bits per heavy atom. The molecule has 1 unspecified atom stereocenters. The smallest absolute Gasteiger partial charge is 0.417 e. The van der Waals surface area contributed by atoms with Crippen LogP contribution in [0.4, 0.5) is 13.2 Å². The molecule has 0 amide bonds. The molecule has 1 aromatic heterocycles. The van der Waals surface area contributed by atoms with E-state index in [1.165, 1.54) is 6.42 Å². The van der Waals surface area contributed by atoms with Gasteiger partial charge in [0.15, 0.2) is 5.96 Å². The van der Waals surface area contributed by atoms with Gasteiger partial charge < -0.3 is 15.8 Å². The van der Waals surface area contributed by atoms with Crippen LogP contribution in [0.3, 0.4) is 0 Å². The number of halogens is 5. The monoisotopic (exact) mass is 521 g/mol. The SMILES string of the molecule is CCN1CCCC1CN=C(N)NCCOc1ncc(C(F)(F)F)cc1Cl.I. The lowest BCUT2D eigenvalue weighted by Gasteiger charge is -2.20. The van der Waals surface area contributed by atoms with Gasteiger partial charge in [-0.05, 0) is 32.0 Å². The number of ether oxygens (including phenoxy) is 1. The maximum Gasteiger partial charge on any atom is 0.417 e. The number of rotatable bonds is 7. The maximum atomic E-state index is 12.5. The van der Waals surface area contributed by atoms with Gasteiger partial charge >= 0.3 is 6.18 Å². The lowest BCUT2D eigenvalue weighted by Crippen LogP contribution is -2.37. The third-order valence-corrected chi connectivity index (χ3v) is 4.43. The average Bonchev–Trinajstić information content (AvgIpc) is 3.04. The van der Waals surface area contributed by atoms with Gasteiger partial charge in [0.1, 0.15) is 11.6 Å². The molecule has 1 saturated heterocycles. The molecule has 1 aromatic rings. The molecule has 1 aliphatic rings. The minimum absolute atomic E-state index is 0. The van der Waals surface area contributed by atoms with E-state index in [1.54, 1.807) is 0 Å². The van der Waals surface area contributed by atoms with Crippen molar-refractivity contribution in [1.29, 1.82) is 0 Å². The van der Waals surface area contributed by atoms with Crippen LogP contribution in [0, 0.1) is 0 Å². The van der Waals surface area contributed by atoms with Gasteiger partial charge in [0.05, 0.1) is 18.7 Å². The fraction of sp³-hybridized carbons (Fsp3) is 0.625. The normalized spacial score (nSPS) is 18.3. The number of nitrogens with one attached hydrogen (secondary N) is 1. The number of alkyl halides is 3. The van der Waals surface area contributed by atoms with E-state index in [-0.39, 0.29) is 41.5 Å². The minimum Gasteiger partial charge on any atom is -0.475 e. The highest BCUT2D eigenvalue weighted by Gasteiger charge is 2.31. The van der Waals surface area contributed by atoms with Gasteiger partial charge in [-0.15, -0.1) is 24.0 Å². The molecule has 0 aromatic carbocycles. The number of hydrogen-bond donors (Lipinski definition) is 2. The van der Waals surface area contributed by atoms with Crippen molar-refractivity contribution in [3.8, 4) is 5.88 Å². The summed E-state index contributed by atoms with van der Waals surface area (Å²) in [6, 6.07) is 1.21. The molecule has 1 fully saturated rings. The Morgan fingerprint density at radius 3 is 2.89 bits per heavy atom. The molecule has 0 aliphatic carbocycles. The highest BCUT2D eigenvalue weighted by atomic mass is 127. The van der Waals surface area contributed by atoms with E-state index in [0.717, 1.165) is 25.6 Å². The zero-order valence-electron chi connectivity index (χ0n) is 14.9. The molecular formula is C16H24ClF3IN5O. The highest BCUT2D eigenvalue weighted by molar-refractivity contribution is 14.0. The van der Waals surface area contributed by atoms with Gasteiger partial charge in [-0.1, -0.05) is 18.5 Å². The molecule has 1 atom stereocenters. The molecule has 1 aliphatic heterocycles. The fourth-order valence-electron chi connectivity index (χ4n) is 2.79. The average molecular weight is 522 g/mol. The molecule has 2 rings (SSSR count). The molecule has 0 saturated carbocycles. The van der Waals surface area contributed by atoms with Crippen LogP contribution in [-0.4, -0.2) is 54.7 Å². The van der Waals surface area contributed by atoms with E-state index in [9.17, 15) is 13.2 Å². The van der Waals surface area contributed by atoms with Crippen molar-refractivity contribution in [3.05, 3.63) is 22.8 Å². The third-order valence-electron chi connectivity index (χ3n) is 4.16. The Kier molecular flexibility index (Phi) is 9.88. The van der Waals surface area contributed by atoms with Gasteiger partial charge in [-0.2, -0.15) is 13.2 Å². The Balaban J connectivity index is 0.00000364. The summed E-state index contributed by atoms with van der Waals surface area (Å²) in [7, 11) is 0. The quantitative estimate of drug-likeness (QED) is 0.250. The number of aliphatic imine (C=N–C) groups is 1. The number of pyridine rings is 1. The number of guanidine groups is 1. The van der Waals surface area contributed by atoms with Crippen LogP contribution in [0.15, 0.2) is 17.3 Å². The number of nitrogens with zero attached hydrogens (tertiary/aromatic N) is 3. The molecule has 154 valence electrons. The largest absolute Gasteiger partial charge is 0.475 e. The van der Waals surface area contributed by atoms with Gasteiger partial charge in [-0.3, -0.25) is 9.89 Å². The van der Waals surface area contributed by atoms with Crippen LogP contribution in [0.5, 0.6) is 5.88 Å². The number of hydrogen-bond acceptors (Lipinski definition) is 4. The predicted molar refractivity (Wildman–Crippen MR) is 110 cm³/mol. The number of aromatic nitrogens is 1. The summed E-state index contributed by atoms with van der Waals surface area (Å²) in [5.41, 5.74) is 4.89. The molecule has 0 bridgehead atoms. The van der Waals surface area contributed by atoms with Gasteiger partial charge in [0, 0.05) is 12.2 Å². The van der Waals surface area contributed by atoms with Crippen LogP contribution in [0.1, 0.15) is 25.3 Å². The first-order valence-electron chi connectivity index (χ1n) is 8.44. The molecule has 3 N–H and O–H groups in total. The van der Waals surface area contributed by atoms with Crippen molar-refractivity contribution in [2.75, 3.05) is 32.8 Å². The van der Waals surface area contributed by atoms with Gasteiger partial charge in [0.25, 0.3) is 0 Å². The topological polar surface area (TPSA) is 75.8 Å². The Morgan fingerprint density at radius 1 is 1.52 bits per heavy atom. The van der Waals surface area contributed by atoms with Crippen molar-refractivity contribution in [2.24, 2.45) is 10.7 Å². The lowest BCUT2D eigenvalue weighted by atomic mass is 10.2. The van der Waals surface area contributed by atoms with E-state index in [2.05, 4.69) is 27.1 Å². The second-order valence-corrected chi connectivity index (χ2v) is 6.34. The predicted octanol–water partition coefficient (Wildman–Crippen LogP) is 3.14. The van der Waals surface area contributed by atoms with E-state index in [4.69, 9.17) is 22.1 Å². The zero-order chi connectivity index (χ0) is 19.2. The fourth-order valence-corrected chi connectivity index (χ4v) is 3.01. The Bertz CT molecular complexity index is 633. The van der Waals surface area contributed by atoms with E-state index < -0.39 is 11.7 Å². The Labute approximate surface area is 178 Å². The number of likely N-dealkylation sites (N-methyl/N-ethyl adjacent to an activating group) is 1. The van der Waals surface area contributed by atoms with Crippen LogP contribution in [0.2, 0.25) is 5.02 Å². The summed E-state index contributed by atoms with van der Waals surface area (Å²) in [6.45, 7) is 5.33. The van der Waals surface area contributed by atoms with E-state index in [0.29, 0.717) is 31.3 Å². The van der Waals surface area contributed by atoms with Gasteiger partial charge in [-0.25, -0.2) is 4.98 Å². The van der Waals surface area contributed by atoms with E-state index in [1.807, 2.05) is 0 Å². The third kappa shape index (κ3) is 7.49. The summed E-state index contributed by atoms with van der Waals surface area (Å²) >= 11 is 5.77. The van der Waals surface area contributed by atoms with Crippen molar-refractivity contribution in [3.63, 3.8) is 0 Å². The minimum atomic E-state index is -4.49. The highest BCUT2D eigenvalue weighted by Crippen LogP contribution is 2.32. The van der Waals surface area contributed by atoms with Crippen LogP contribution < -0.4 is 15.8 Å². The van der Waals surface area contributed by atoms with Crippen LogP contribution in [0.25, 0.3) is 0 Å². The molecule has 0 spiro atoms. The summed E-state index contributed by atoms with van der Waals surface area (Å²) in [5.74, 6) is 0.254. The van der Waals surface area contributed by atoms with Gasteiger partial charge in [0.2, 0.25) is 5.88 Å². The van der Waals surface area contributed by atoms with Crippen molar-refractivity contribution >= 4 is 41.5 Å². The second kappa shape index (κ2) is 11.1. The standard InChI is InChI=1S/C16H23ClF3N5O.HI/c1-2-25-6-3-4-12(25)10-24-15(21)22-5-7-26-14-13(17)8-11(9-23-14)16(18,19)20;/h8-9,12H,2-7,10H2,1H3,(H3,21,22,24);1H. The summed E-state index contributed by atoms with van der Waals surface area (Å²) in [6.07, 6.45) is -1.51. The van der Waals surface area contributed by atoms with Crippen LogP contribution in [-0.2, 0) is 6.18 Å². The molecule has 0 radical (unpaired) electrons. The first-order chi connectivity index (χ1) is 12.3. The molecule has 11 heteroatoms. The van der Waals surface area contributed by atoms with E-state index >= 15 is 0 Å². The Hall–Kier alpha value is -1.01. The summed E-state index contributed by atoms with van der Waals surface area (Å²) in [4.78, 5) is 10.3. The van der Waals surface area contributed by atoms with Crippen molar-refractivity contribution in [2.45, 2.75) is 32.0 Å². The lowest BCUT2D eigenvalue weighted by molar-refractivity contribution is -0.137. The zero-order valence-corrected chi connectivity index (χ0v) is 18.0. The number of likely N-dealkylation sites (tertiary alicyclic amines) is 1. The first-order valence-corrected chi connectivity index (χ1v) is 8.82. The van der Waals surface area contributed by atoms with Crippen molar-refractivity contribution in [1.82, 2.24) is 15.2 Å². The maximum absolute atomic E-state index is 12.5. The second-order valence-electron chi connectivity index (χ2n) is 5.93.